The molecule has 1 aliphatic heterocycles. The van der Waals surface area contributed by atoms with E-state index in [1.807, 2.05) is 0 Å². The molecule has 96 valence electrons. The molecule has 1 N–H and O–H groups in total. The number of nitrogens with zero attached hydrogens (tertiary/aromatic N) is 3. The van der Waals surface area contributed by atoms with E-state index in [9.17, 15) is 5.11 Å². The summed E-state index contributed by atoms with van der Waals surface area (Å²) in [7, 11) is 0. The van der Waals surface area contributed by atoms with E-state index < -0.39 is 6.10 Å². The highest BCUT2D eigenvalue weighted by atomic mass is 16.5. The van der Waals surface area contributed by atoms with Crippen LogP contribution in [0.5, 0.6) is 0 Å². The predicted octanol–water partition coefficient (Wildman–Crippen LogP) is 1.54. The van der Waals surface area contributed by atoms with Gasteiger partial charge in [0.05, 0.1) is 12.1 Å². The minimum Gasteiger partial charge on any atom is -0.393 e. The second kappa shape index (κ2) is 5.14. The van der Waals surface area contributed by atoms with E-state index in [1.165, 1.54) is 6.42 Å². The first kappa shape index (κ1) is 12.5. The minimum absolute atomic E-state index is 0.255. The van der Waals surface area contributed by atoms with Crippen molar-refractivity contribution >= 4 is 0 Å². The lowest BCUT2D eigenvalue weighted by molar-refractivity contribution is 0.169. The van der Waals surface area contributed by atoms with Crippen LogP contribution in [0.3, 0.4) is 0 Å². The van der Waals surface area contributed by atoms with Crippen LogP contribution in [-0.2, 0) is 6.42 Å². The molecule has 0 spiro atoms. The van der Waals surface area contributed by atoms with Gasteiger partial charge >= 0.3 is 0 Å². The van der Waals surface area contributed by atoms with Crippen LogP contribution >= 0.6 is 0 Å². The summed E-state index contributed by atoms with van der Waals surface area (Å²) in [4.78, 5) is 6.77. The highest BCUT2D eigenvalue weighted by Gasteiger charge is 2.32. The summed E-state index contributed by atoms with van der Waals surface area (Å²) in [6.07, 6.45) is 2.29. The molecule has 1 fully saturated rings. The number of aliphatic hydroxyl groups excluding tert-OH is 1. The first-order valence-electron chi connectivity index (χ1n) is 6.34. The Balaban J connectivity index is 2.08. The summed E-state index contributed by atoms with van der Waals surface area (Å²) >= 11 is 0. The zero-order valence-corrected chi connectivity index (χ0v) is 10.8. The highest BCUT2D eigenvalue weighted by molar-refractivity contribution is 4.98. The Hall–Kier alpha value is -0.940. The van der Waals surface area contributed by atoms with Crippen molar-refractivity contribution in [2.24, 2.45) is 0 Å². The maximum atomic E-state index is 9.29. The topological polar surface area (TPSA) is 62.4 Å². The van der Waals surface area contributed by atoms with Crippen molar-refractivity contribution in [3.05, 3.63) is 11.7 Å². The monoisotopic (exact) mass is 239 g/mol. The van der Waals surface area contributed by atoms with Crippen molar-refractivity contribution in [1.82, 2.24) is 15.0 Å². The molecule has 1 aliphatic rings. The third kappa shape index (κ3) is 2.84. The van der Waals surface area contributed by atoms with Crippen LogP contribution in [0, 0.1) is 0 Å². The fourth-order valence-electron chi connectivity index (χ4n) is 2.42. The van der Waals surface area contributed by atoms with Crippen LogP contribution in [-0.4, -0.2) is 38.8 Å². The molecule has 1 saturated heterocycles. The van der Waals surface area contributed by atoms with Crippen molar-refractivity contribution in [2.75, 3.05) is 6.54 Å². The Bertz CT molecular complexity index is 362. The van der Waals surface area contributed by atoms with Gasteiger partial charge in [-0.25, -0.2) is 0 Å². The standard InChI is InChI=1S/C12H21N3O2/c1-8(2)15-6-4-5-10(15)12-13-11(14-17-12)7-9(3)16/h8-10,16H,4-7H2,1-3H3. The van der Waals surface area contributed by atoms with Crippen molar-refractivity contribution in [1.29, 1.82) is 0 Å². The van der Waals surface area contributed by atoms with Gasteiger partial charge in [0.15, 0.2) is 5.82 Å². The van der Waals surface area contributed by atoms with Crippen molar-refractivity contribution < 1.29 is 9.63 Å². The molecule has 0 saturated carbocycles. The first-order valence-corrected chi connectivity index (χ1v) is 6.34. The van der Waals surface area contributed by atoms with E-state index in [1.54, 1.807) is 6.92 Å². The smallest absolute Gasteiger partial charge is 0.244 e. The fraction of sp³-hybridized carbons (Fsp3) is 0.833. The van der Waals surface area contributed by atoms with Crippen LogP contribution in [0.4, 0.5) is 0 Å². The van der Waals surface area contributed by atoms with E-state index in [4.69, 9.17) is 4.52 Å². The Morgan fingerprint density at radius 1 is 1.47 bits per heavy atom. The molecule has 2 rings (SSSR count). The summed E-state index contributed by atoms with van der Waals surface area (Å²) in [5, 5.41) is 13.2. The Morgan fingerprint density at radius 3 is 2.88 bits per heavy atom. The molecule has 0 bridgehead atoms. The van der Waals surface area contributed by atoms with Gasteiger partial charge in [0.25, 0.3) is 0 Å². The van der Waals surface area contributed by atoms with Gasteiger partial charge < -0.3 is 9.63 Å². The maximum absolute atomic E-state index is 9.29. The van der Waals surface area contributed by atoms with Gasteiger partial charge in [-0.05, 0) is 40.2 Å². The lowest BCUT2D eigenvalue weighted by Gasteiger charge is -2.25. The third-order valence-electron chi connectivity index (χ3n) is 3.20. The first-order chi connectivity index (χ1) is 8.08. The minimum atomic E-state index is -0.426. The second-order valence-electron chi connectivity index (χ2n) is 5.09. The van der Waals surface area contributed by atoms with E-state index in [0.717, 1.165) is 13.0 Å². The molecule has 2 heterocycles. The average molecular weight is 239 g/mol. The Kier molecular flexibility index (Phi) is 3.79. The summed E-state index contributed by atoms with van der Waals surface area (Å²) in [6, 6.07) is 0.750. The Labute approximate surface area is 102 Å². The molecular weight excluding hydrogens is 218 g/mol. The van der Waals surface area contributed by atoms with Crippen LogP contribution in [0.2, 0.25) is 0 Å². The molecular formula is C12H21N3O2. The highest BCUT2D eigenvalue weighted by Crippen LogP contribution is 2.32. The molecule has 0 radical (unpaired) electrons. The molecule has 0 aliphatic carbocycles. The largest absolute Gasteiger partial charge is 0.393 e. The van der Waals surface area contributed by atoms with Gasteiger partial charge in [-0.2, -0.15) is 4.98 Å². The molecule has 1 aromatic rings. The number of aromatic nitrogens is 2. The van der Waals surface area contributed by atoms with Crippen molar-refractivity contribution in [3.63, 3.8) is 0 Å². The molecule has 1 aromatic heterocycles. The summed E-state index contributed by atoms with van der Waals surface area (Å²) in [6.45, 7) is 7.19. The molecule has 0 aromatic carbocycles. The van der Waals surface area contributed by atoms with E-state index >= 15 is 0 Å². The van der Waals surface area contributed by atoms with Gasteiger partial charge in [-0.3, -0.25) is 4.90 Å². The number of hydrogen-bond acceptors (Lipinski definition) is 5. The zero-order valence-electron chi connectivity index (χ0n) is 10.8. The van der Waals surface area contributed by atoms with Gasteiger partial charge in [0.2, 0.25) is 5.89 Å². The lowest BCUT2D eigenvalue weighted by Crippen LogP contribution is -2.30. The summed E-state index contributed by atoms with van der Waals surface area (Å²) in [5.74, 6) is 1.30. The third-order valence-corrected chi connectivity index (χ3v) is 3.20. The summed E-state index contributed by atoms with van der Waals surface area (Å²) in [5.41, 5.74) is 0. The molecule has 2 unspecified atom stereocenters. The summed E-state index contributed by atoms with van der Waals surface area (Å²) < 4.78 is 5.32. The van der Waals surface area contributed by atoms with Crippen LogP contribution in [0.1, 0.15) is 51.4 Å². The molecule has 17 heavy (non-hydrogen) atoms. The predicted molar refractivity (Wildman–Crippen MR) is 63.5 cm³/mol. The van der Waals surface area contributed by atoms with Crippen LogP contribution in [0.25, 0.3) is 0 Å². The number of hydrogen-bond donors (Lipinski definition) is 1. The average Bonchev–Trinajstić information content (AvgIpc) is 2.82. The molecule has 5 nitrogen and oxygen atoms in total. The van der Waals surface area contributed by atoms with E-state index in [2.05, 4.69) is 28.9 Å². The molecule has 5 heteroatoms. The SMILES string of the molecule is CC(O)Cc1noc(C2CCCN2C(C)C)n1. The number of rotatable bonds is 4. The molecule has 0 amide bonds. The molecule has 2 atom stereocenters. The fourth-order valence-corrected chi connectivity index (χ4v) is 2.42. The lowest BCUT2D eigenvalue weighted by atomic mass is 10.2. The zero-order chi connectivity index (χ0) is 12.4. The normalized spacial score (nSPS) is 23.5. The van der Waals surface area contributed by atoms with E-state index in [0.29, 0.717) is 24.2 Å². The van der Waals surface area contributed by atoms with Gasteiger partial charge in [0, 0.05) is 12.5 Å². The van der Waals surface area contributed by atoms with Crippen LogP contribution < -0.4 is 0 Å². The van der Waals surface area contributed by atoms with Crippen molar-refractivity contribution in [2.45, 2.75) is 58.2 Å². The Morgan fingerprint density at radius 2 is 2.24 bits per heavy atom. The number of likely N-dealkylation sites (tertiary alicyclic amines) is 1. The number of aliphatic hydroxyl groups is 1. The van der Waals surface area contributed by atoms with Gasteiger partial charge in [-0.15, -0.1) is 0 Å². The van der Waals surface area contributed by atoms with Gasteiger partial charge in [0.1, 0.15) is 0 Å². The second-order valence-corrected chi connectivity index (χ2v) is 5.09. The van der Waals surface area contributed by atoms with E-state index in [-0.39, 0.29) is 6.04 Å². The van der Waals surface area contributed by atoms with Crippen molar-refractivity contribution in [3.8, 4) is 0 Å². The quantitative estimate of drug-likeness (QED) is 0.863. The maximum Gasteiger partial charge on any atom is 0.244 e. The van der Waals surface area contributed by atoms with Gasteiger partial charge in [-0.1, -0.05) is 5.16 Å². The van der Waals surface area contributed by atoms with Crippen LogP contribution in [0.15, 0.2) is 4.52 Å².